The molecule has 33 heavy (non-hydrogen) atoms. The summed E-state index contributed by atoms with van der Waals surface area (Å²) in [5, 5.41) is 14.3. The molecular weight excluding hydrogens is 423 g/mol. The van der Waals surface area contributed by atoms with Gasteiger partial charge in [-0.15, -0.1) is 4.99 Å². The van der Waals surface area contributed by atoms with Gasteiger partial charge in [0.25, 0.3) is 0 Å². The van der Waals surface area contributed by atoms with Crippen LogP contribution in [0, 0.1) is 24.2 Å². The van der Waals surface area contributed by atoms with E-state index in [2.05, 4.69) is 35.3 Å². The van der Waals surface area contributed by atoms with Crippen molar-refractivity contribution in [2.75, 3.05) is 49.9 Å². The van der Waals surface area contributed by atoms with Crippen LogP contribution < -0.4 is 10.6 Å². The molecule has 2 aromatic rings. The topological polar surface area (TPSA) is 99.9 Å². The van der Waals surface area contributed by atoms with E-state index >= 15 is 4.39 Å². The Hall–Kier alpha value is -3.71. The van der Waals surface area contributed by atoms with E-state index in [0.29, 0.717) is 17.8 Å². The smallest absolute Gasteiger partial charge is 0.323 e. The zero-order chi connectivity index (χ0) is 23.2. The van der Waals surface area contributed by atoms with Gasteiger partial charge in [-0.2, -0.15) is 5.26 Å². The molecule has 1 aromatic heterocycles. The molecule has 0 saturated carbocycles. The Balaban J connectivity index is 1.34. The molecule has 0 radical (unpaired) electrons. The number of anilines is 2. The molecule has 0 bridgehead atoms. The number of hydrogen-bond donors (Lipinski definition) is 2. The number of nitrogens with zero attached hydrogens (tertiary/aromatic N) is 6. The number of aryl methyl sites for hydroxylation is 1. The van der Waals surface area contributed by atoms with Crippen LogP contribution in [0.1, 0.15) is 17.7 Å². The van der Waals surface area contributed by atoms with Gasteiger partial charge < -0.3 is 20.4 Å². The van der Waals surface area contributed by atoms with Crippen LogP contribution >= 0.6 is 0 Å². The number of aromatic nitrogens is 1. The zero-order valence-corrected chi connectivity index (χ0v) is 18.6. The fraction of sp³-hybridized carbons (Fsp3) is 0.391. The predicted molar refractivity (Wildman–Crippen MR) is 124 cm³/mol. The molecule has 0 atom stereocenters. The van der Waals surface area contributed by atoms with Crippen molar-refractivity contribution in [1.29, 1.82) is 5.26 Å². The molecule has 9 nitrogen and oxygen atoms in total. The summed E-state index contributed by atoms with van der Waals surface area (Å²) in [6, 6.07) is 7.92. The lowest BCUT2D eigenvalue weighted by Gasteiger charge is -2.42. The maximum atomic E-state index is 15.1. The average Bonchev–Trinajstić information content (AvgIpc) is 2.75. The second-order valence-corrected chi connectivity index (χ2v) is 8.16. The summed E-state index contributed by atoms with van der Waals surface area (Å²) in [4.78, 5) is 26.8. The molecule has 2 saturated heterocycles. The summed E-state index contributed by atoms with van der Waals surface area (Å²) in [5.41, 5.74) is 2.02. The van der Waals surface area contributed by atoms with Gasteiger partial charge in [0, 0.05) is 69.0 Å². The number of amides is 2. The minimum atomic E-state index is -0.513. The first kappa shape index (κ1) is 22.5. The number of rotatable bonds is 4. The molecule has 2 aliphatic rings. The summed E-state index contributed by atoms with van der Waals surface area (Å²) in [6.07, 6.45) is 4.63. The van der Waals surface area contributed by atoms with Gasteiger partial charge in [-0.05, 0) is 31.5 Å². The first-order valence-corrected chi connectivity index (χ1v) is 11.0. The highest BCUT2D eigenvalue weighted by atomic mass is 19.1. The van der Waals surface area contributed by atoms with Gasteiger partial charge in [0.2, 0.25) is 12.2 Å². The Labute approximate surface area is 192 Å². The third kappa shape index (κ3) is 5.56. The van der Waals surface area contributed by atoms with Crippen LogP contribution in [-0.2, 0) is 6.54 Å². The molecule has 0 unspecified atom stereocenters. The van der Waals surface area contributed by atoms with Crippen molar-refractivity contribution >= 4 is 23.4 Å². The predicted octanol–water partition coefficient (Wildman–Crippen LogP) is 2.83. The van der Waals surface area contributed by atoms with Crippen LogP contribution in [0.4, 0.5) is 20.6 Å². The molecule has 3 heterocycles. The van der Waals surface area contributed by atoms with Gasteiger partial charge in [-0.25, -0.2) is 9.18 Å². The SMILES string of the molecule is Cc1cc(NC(=O)Nc2cccc(CN3CCN(/C(=N\C#N)N4CCC4)CC3)c2F)ccn1. The number of aliphatic imine (C=N–C) groups is 1. The van der Waals surface area contributed by atoms with Crippen molar-refractivity contribution < 1.29 is 9.18 Å². The Bertz CT molecular complexity index is 1070. The van der Waals surface area contributed by atoms with Crippen molar-refractivity contribution in [2.45, 2.75) is 19.9 Å². The van der Waals surface area contributed by atoms with E-state index in [1.807, 2.05) is 13.1 Å². The fourth-order valence-electron chi connectivity index (χ4n) is 3.96. The first-order valence-electron chi connectivity index (χ1n) is 11.0. The summed E-state index contributed by atoms with van der Waals surface area (Å²) in [5.74, 6) is 0.310. The monoisotopic (exact) mass is 450 g/mol. The number of carbonyl (C=O) groups excluding carboxylic acids is 1. The van der Waals surface area contributed by atoms with Crippen molar-refractivity contribution in [3.05, 3.63) is 53.6 Å². The average molecular weight is 451 g/mol. The highest BCUT2D eigenvalue weighted by molar-refractivity contribution is 5.99. The lowest BCUT2D eigenvalue weighted by Crippen LogP contribution is -2.56. The quantitative estimate of drug-likeness (QED) is 0.422. The minimum Gasteiger partial charge on any atom is -0.342 e. The van der Waals surface area contributed by atoms with Crippen LogP contribution in [0.3, 0.4) is 0 Å². The van der Waals surface area contributed by atoms with E-state index in [9.17, 15) is 4.79 Å². The van der Waals surface area contributed by atoms with Crippen LogP contribution in [0.2, 0.25) is 0 Å². The standard InChI is InChI=1S/C23H27FN8O/c1-17-14-19(6-7-26-17)28-22(33)29-20-5-2-4-18(21(20)24)15-30-10-12-32(13-11-30)23(27-16-25)31-8-3-9-31/h2,4-7,14H,3,8-13,15H2,1H3,(H2,26,28,29,33)/b27-23-. The molecule has 4 rings (SSSR count). The summed E-state index contributed by atoms with van der Waals surface area (Å²) in [6.45, 7) is 7.05. The molecule has 0 spiro atoms. The molecule has 2 fully saturated rings. The van der Waals surface area contributed by atoms with Crippen LogP contribution in [-0.4, -0.2) is 70.9 Å². The number of nitrogens with one attached hydrogen (secondary N) is 2. The molecule has 0 aliphatic carbocycles. The van der Waals surface area contributed by atoms with E-state index < -0.39 is 11.8 Å². The lowest BCUT2D eigenvalue weighted by molar-refractivity contribution is 0.152. The summed E-state index contributed by atoms with van der Waals surface area (Å²) >= 11 is 0. The minimum absolute atomic E-state index is 0.135. The second kappa shape index (κ2) is 10.3. The van der Waals surface area contributed by atoms with E-state index in [1.54, 1.807) is 36.5 Å². The molecule has 2 amide bonds. The van der Waals surface area contributed by atoms with Crippen LogP contribution in [0.15, 0.2) is 41.5 Å². The highest BCUT2D eigenvalue weighted by Crippen LogP contribution is 2.21. The maximum absolute atomic E-state index is 15.1. The van der Waals surface area contributed by atoms with Gasteiger partial charge in [-0.3, -0.25) is 9.88 Å². The number of hydrogen-bond acceptors (Lipinski definition) is 5. The summed E-state index contributed by atoms with van der Waals surface area (Å²) in [7, 11) is 0. The van der Waals surface area contributed by atoms with Crippen molar-refractivity contribution in [2.24, 2.45) is 4.99 Å². The van der Waals surface area contributed by atoms with Crippen molar-refractivity contribution in [3.8, 4) is 6.19 Å². The van der Waals surface area contributed by atoms with Gasteiger partial charge in [-0.1, -0.05) is 12.1 Å². The van der Waals surface area contributed by atoms with E-state index in [0.717, 1.165) is 57.3 Å². The number of urea groups is 1. The summed E-state index contributed by atoms with van der Waals surface area (Å²) < 4.78 is 15.1. The maximum Gasteiger partial charge on any atom is 0.323 e. The van der Waals surface area contributed by atoms with E-state index in [4.69, 9.17) is 5.26 Å². The largest absolute Gasteiger partial charge is 0.342 e. The Morgan fingerprint density at radius 3 is 2.58 bits per heavy atom. The first-order chi connectivity index (χ1) is 16.0. The van der Waals surface area contributed by atoms with Crippen LogP contribution in [0.25, 0.3) is 0 Å². The number of nitriles is 1. The Morgan fingerprint density at radius 1 is 1.15 bits per heavy atom. The number of likely N-dealkylation sites (tertiary alicyclic amines) is 1. The number of benzene rings is 1. The molecule has 2 N–H and O–H groups in total. The zero-order valence-electron chi connectivity index (χ0n) is 18.6. The molecule has 1 aromatic carbocycles. The van der Waals surface area contributed by atoms with E-state index in [-0.39, 0.29) is 5.69 Å². The lowest BCUT2D eigenvalue weighted by atomic mass is 10.1. The molecule has 2 aliphatic heterocycles. The number of halogens is 1. The van der Waals surface area contributed by atoms with Gasteiger partial charge >= 0.3 is 6.03 Å². The number of pyridine rings is 1. The molecule has 172 valence electrons. The van der Waals surface area contributed by atoms with Crippen molar-refractivity contribution in [1.82, 2.24) is 19.7 Å². The molecule has 10 heteroatoms. The van der Waals surface area contributed by atoms with Crippen molar-refractivity contribution in [3.63, 3.8) is 0 Å². The van der Waals surface area contributed by atoms with Gasteiger partial charge in [0.1, 0.15) is 0 Å². The Morgan fingerprint density at radius 2 is 1.91 bits per heavy atom. The normalized spacial score (nSPS) is 16.7. The number of carbonyl (C=O) groups is 1. The second-order valence-electron chi connectivity index (χ2n) is 8.16. The van der Waals surface area contributed by atoms with Gasteiger partial charge in [0.15, 0.2) is 5.82 Å². The third-order valence-electron chi connectivity index (χ3n) is 5.82. The van der Waals surface area contributed by atoms with Gasteiger partial charge in [0.05, 0.1) is 5.69 Å². The number of guanidine groups is 1. The van der Waals surface area contributed by atoms with E-state index in [1.165, 1.54) is 0 Å². The highest BCUT2D eigenvalue weighted by Gasteiger charge is 2.27. The molecular formula is C23H27FN8O. The number of piperazine rings is 1. The third-order valence-corrected chi connectivity index (χ3v) is 5.82. The fourth-order valence-corrected chi connectivity index (χ4v) is 3.96. The van der Waals surface area contributed by atoms with Crippen LogP contribution in [0.5, 0.6) is 0 Å². The Kier molecular flexibility index (Phi) is 7.00.